The van der Waals surface area contributed by atoms with Gasteiger partial charge in [0.15, 0.2) is 0 Å². The first-order valence-electron chi connectivity index (χ1n) is 6.58. The molecule has 1 rings (SSSR count). The Hall–Kier alpha value is -0.610. The van der Waals surface area contributed by atoms with Gasteiger partial charge < -0.3 is 15.1 Å². The van der Waals surface area contributed by atoms with Crippen LogP contribution < -0.4 is 5.32 Å². The number of nitrogens with one attached hydrogen (secondary N) is 1. The van der Waals surface area contributed by atoms with Crippen LogP contribution in [0.3, 0.4) is 0 Å². The molecular weight excluding hydrogens is 214 g/mol. The maximum absolute atomic E-state index is 12.2. The van der Waals surface area contributed by atoms with Gasteiger partial charge in [-0.1, -0.05) is 6.92 Å². The summed E-state index contributed by atoms with van der Waals surface area (Å²) in [5.41, 5.74) is 0. The summed E-state index contributed by atoms with van der Waals surface area (Å²) in [5, 5.41) is 3.07. The fraction of sp³-hybridized carbons (Fsp3) is 0.923. The van der Waals surface area contributed by atoms with E-state index in [9.17, 15) is 4.79 Å². The highest BCUT2D eigenvalue weighted by Crippen LogP contribution is 2.20. The highest BCUT2D eigenvalue weighted by molar-refractivity contribution is 5.78. The summed E-state index contributed by atoms with van der Waals surface area (Å²) >= 11 is 0. The minimum absolute atomic E-state index is 0.0694. The fourth-order valence-electron chi connectivity index (χ4n) is 2.54. The molecular formula is C13H27N3O. The molecule has 4 heteroatoms. The Balaban J connectivity index is 2.52. The molecule has 0 aliphatic carbocycles. The molecule has 3 atom stereocenters. The van der Waals surface area contributed by atoms with Crippen LogP contribution >= 0.6 is 0 Å². The van der Waals surface area contributed by atoms with Crippen molar-refractivity contribution in [1.29, 1.82) is 0 Å². The van der Waals surface area contributed by atoms with E-state index in [0.29, 0.717) is 12.1 Å². The summed E-state index contributed by atoms with van der Waals surface area (Å²) in [4.78, 5) is 16.5. The van der Waals surface area contributed by atoms with Crippen LogP contribution in [-0.2, 0) is 4.79 Å². The molecule has 4 nitrogen and oxygen atoms in total. The molecule has 0 bridgehead atoms. The number of nitrogens with zero attached hydrogens (tertiary/aromatic N) is 2. The number of rotatable bonds is 4. The molecule has 100 valence electrons. The summed E-state index contributed by atoms with van der Waals surface area (Å²) < 4.78 is 0. The molecule has 0 spiro atoms. The van der Waals surface area contributed by atoms with Gasteiger partial charge in [-0.05, 0) is 33.9 Å². The zero-order valence-corrected chi connectivity index (χ0v) is 11.9. The Labute approximate surface area is 105 Å². The third-order valence-corrected chi connectivity index (χ3v) is 4.01. The monoisotopic (exact) mass is 241 g/mol. The van der Waals surface area contributed by atoms with Crippen LogP contribution in [0.5, 0.6) is 0 Å². The largest absolute Gasteiger partial charge is 0.342 e. The third kappa shape index (κ3) is 3.68. The van der Waals surface area contributed by atoms with Crippen molar-refractivity contribution in [3.8, 4) is 0 Å². The van der Waals surface area contributed by atoms with Gasteiger partial charge in [-0.25, -0.2) is 0 Å². The first kappa shape index (κ1) is 14.5. The van der Waals surface area contributed by atoms with Gasteiger partial charge in [-0.15, -0.1) is 0 Å². The molecule has 1 heterocycles. The van der Waals surface area contributed by atoms with Crippen LogP contribution in [-0.4, -0.2) is 62.0 Å². The second kappa shape index (κ2) is 6.36. The topological polar surface area (TPSA) is 35.6 Å². The van der Waals surface area contributed by atoms with E-state index in [4.69, 9.17) is 0 Å². The average Bonchev–Trinajstić information content (AvgIpc) is 2.31. The Morgan fingerprint density at radius 2 is 2.24 bits per heavy atom. The molecule has 1 fully saturated rings. The van der Waals surface area contributed by atoms with Gasteiger partial charge in [0.1, 0.15) is 0 Å². The summed E-state index contributed by atoms with van der Waals surface area (Å²) in [6, 6.07) is 0.983. The van der Waals surface area contributed by atoms with E-state index < -0.39 is 0 Å². The summed E-state index contributed by atoms with van der Waals surface area (Å²) in [6.07, 6.45) is 2.18. The lowest BCUT2D eigenvalue weighted by atomic mass is 9.96. The maximum atomic E-state index is 12.2. The Morgan fingerprint density at radius 1 is 1.59 bits per heavy atom. The van der Waals surface area contributed by atoms with E-state index in [1.165, 1.54) is 0 Å². The molecule has 0 unspecified atom stereocenters. The lowest BCUT2D eigenvalue weighted by Crippen LogP contribution is -2.49. The summed E-state index contributed by atoms with van der Waals surface area (Å²) in [5.74, 6) is 0.334. The summed E-state index contributed by atoms with van der Waals surface area (Å²) in [7, 11) is 6.00. The molecule has 0 aromatic rings. The minimum Gasteiger partial charge on any atom is -0.342 e. The number of amides is 1. The molecule has 1 saturated heterocycles. The maximum Gasteiger partial charge on any atom is 0.226 e. The van der Waals surface area contributed by atoms with Gasteiger partial charge in [0.25, 0.3) is 0 Å². The quantitative estimate of drug-likeness (QED) is 0.790. The van der Waals surface area contributed by atoms with Crippen molar-refractivity contribution in [3.63, 3.8) is 0 Å². The average molecular weight is 241 g/mol. The van der Waals surface area contributed by atoms with Gasteiger partial charge in [-0.2, -0.15) is 0 Å². The number of piperidine rings is 1. The van der Waals surface area contributed by atoms with E-state index in [1.54, 1.807) is 0 Å². The highest BCUT2D eigenvalue weighted by Gasteiger charge is 2.29. The second-order valence-corrected chi connectivity index (χ2v) is 5.42. The zero-order chi connectivity index (χ0) is 13.0. The molecule has 17 heavy (non-hydrogen) atoms. The smallest absolute Gasteiger partial charge is 0.226 e. The first-order chi connectivity index (χ1) is 7.97. The van der Waals surface area contributed by atoms with Crippen molar-refractivity contribution < 1.29 is 4.79 Å². The predicted octanol–water partition coefficient (Wildman–Crippen LogP) is 0.783. The fourth-order valence-corrected chi connectivity index (χ4v) is 2.54. The number of hydrogen-bond acceptors (Lipinski definition) is 3. The molecule has 0 saturated carbocycles. The zero-order valence-electron chi connectivity index (χ0n) is 11.9. The van der Waals surface area contributed by atoms with Crippen molar-refractivity contribution in [2.75, 3.05) is 34.2 Å². The number of carbonyl (C=O) groups is 1. The van der Waals surface area contributed by atoms with Gasteiger partial charge in [-0.3, -0.25) is 4.79 Å². The van der Waals surface area contributed by atoms with E-state index in [1.807, 2.05) is 25.9 Å². The van der Waals surface area contributed by atoms with Crippen LogP contribution in [0.1, 0.15) is 26.7 Å². The molecule has 0 aromatic heterocycles. The van der Waals surface area contributed by atoms with Gasteiger partial charge in [0.05, 0.1) is 0 Å². The van der Waals surface area contributed by atoms with Crippen molar-refractivity contribution in [3.05, 3.63) is 0 Å². The van der Waals surface area contributed by atoms with E-state index >= 15 is 0 Å². The highest BCUT2D eigenvalue weighted by atomic mass is 16.2. The Bertz CT molecular complexity index is 257. The lowest BCUT2D eigenvalue weighted by molar-refractivity contribution is -0.136. The standard InChI is InChI=1S/C13H27N3O/c1-10(9-14-3)13(17)16(5)12-6-7-15(4)11(2)8-12/h10-12,14H,6-9H2,1-5H3/t10-,11+,12+/m0/s1. The SMILES string of the molecule is CNC[C@H](C)C(=O)N(C)[C@@H]1CCN(C)[C@H](C)C1. The van der Waals surface area contributed by atoms with Gasteiger partial charge in [0, 0.05) is 38.1 Å². The number of likely N-dealkylation sites (tertiary alicyclic amines) is 1. The van der Waals surface area contributed by atoms with Crippen LogP contribution in [0, 0.1) is 5.92 Å². The van der Waals surface area contributed by atoms with E-state index in [2.05, 4.69) is 24.2 Å². The van der Waals surface area contributed by atoms with Crippen LogP contribution in [0.25, 0.3) is 0 Å². The van der Waals surface area contributed by atoms with Crippen molar-refractivity contribution in [1.82, 2.24) is 15.1 Å². The van der Waals surface area contributed by atoms with Crippen molar-refractivity contribution in [2.45, 2.75) is 38.8 Å². The molecule has 0 radical (unpaired) electrons. The molecule has 1 aliphatic heterocycles. The summed E-state index contributed by atoms with van der Waals surface area (Å²) in [6.45, 7) is 6.07. The second-order valence-electron chi connectivity index (χ2n) is 5.42. The third-order valence-electron chi connectivity index (χ3n) is 4.01. The molecule has 1 amide bonds. The van der Waals surface area contributed by atoms with Crippen molar-refractivity contribution >= 4 is 5.91 Å². The molecule has 0 aromatic carbocycles. The Kier molecular flexibility index (Phi) is 5.40. The van der Waals surface area contributed by atoms with E-state index in [0.717, 1.165) is 25.9 Å². The van der Waals surface area contributed by atoms with Gasteiger partial charge >= 0.3 is 0 Å². The lowest BCUT2D eigenvalue weighted by Gasteiger charge is -2.40. The Morgan fingerprint density at radius 3 is 2.76 bits per heavy atom. The van der Waals surface area contributed by atoms with Crippen LogP contribution in [0.2, 0.25) is 0 Å². The molecule has 1 aliphatic rings. The molecule has 1 N–H and O–H groups in total. The van der Waals surface area contributed by atoms with Gasteiger partial charge in [0.2, 0.25) is 5.91 Å². The first-order valence-corrected chi connectivity index (χ1v) is 6.58. The number of hydrogen-bond donors (Lipinski definition) is 1. The van der Waals surface area contributed by atoms with Crippen molar-refractivity contribution in [2.24, 2.45) is 5.92 Å². The predicted molar refractivity (Wildman–Crippen MR) is 71.0 cm³/mol. The minimum atomic E-state index is 0.0694. The van der Waals surface area contributed by atoms with Crippen LogP contribution in [0.15, 0.2) is 0 Å². The normalized spacial score (nSPS) is 27.8. The number of carbonyl (C=O) groups excluding carboxylic acids is 1. The van der Waals surface area contributed by atoms with Crippen LogP contribution in [0.4, 0.5) is 0 Å². The van der Waals surface area contributed by atoms with E-state index in [-0.39, 0.29) is 11.8 Å².